The van der Waals surface area contributed by atoms with Crippen LogP contribution in [0.2, 0.25) is 0 Å². The van der Waals surface area contributed by atoms with Crippen molar-refractivity contribution in [3.8, 4) is 5.75 Å². The van der Waals surface area contributed by atoms with Gasteiger partial charge in [0.25, 0.3) is 10.0 Å². The molecule has 1 unspecified atom stereocenters. The van der Waals surface area contributed by atoms with Gasteiger partial charge in [0.15, 0.2) is 0 Å². The van der Waals surface area contributed by atoms with Gasteiger partial charge in [-0.25, -0.2) is 8.42 Å². The van der Waals surface area contributed by atoms with Gasteiger partial charge >= 0.3 is 12.1 Å². The minimum Gasteiger partial charge on any atom is -0.486 e. The fourth-order valence-electron chi connectivity index (χ4n) is 4.10. The monoisotopic (exact) mass is 533 g/mol. The first-order valence-electron chi connectivity index (χ1n) is 9.84. The van der Waals surface area contributed by atoms with Crippen molar-refractivity contribution < 1.29 is 36.2 Å². The number of nitrogens with zero attached hydrogens (tertiary/aromatic N) is 1. The van der Waals surface area contributed by atoms with Gasteiger partial charge in [-0.2, -0.15) is 13.2 Å². The van der Waals surface area contributed by atoms with E-state index in [9.17, 15) is 26.4 Å². The van der Waals surface area contributed by atoms with Crippen LogP contribution in [0.25, 0.3) is 0 Å². The summed E-state index contributed by atoms with van der Waals surface area (Å²) in [6.07, 6.45) is -3.80. The number of halogens is 4. The molecule has 32 heavy (non-hydrogen) atoms. The highest BCUT2D eigenvalue weighted by atomic mass is 79.9. The number of sulfonamides is 1. The lowest BCUT2D eigenvalue weighted by Gasteiger charge is -2.39. The number of alkyl halides is 3. The third-order valence-corrected chi connectivity index (χ3v) is 8.05. The number of carbonyl (C=O) groups is 1. The molecule has 1 heterocycles. The highest BCUT2D eigenvalue weighted by Crippen LogP contribution is 2.43. The van der Waals surface area contributed by atoms with Crippen LogP contribution in [0.5, 0.6) is 5.75 Å². The van der Waals surface area contributed by atoms with Gasteiger partial charge in [0, 0.05) is 4.47 Å². The normalized spacial score (nSPS) is 23.1. The average molecular weight is 534 g/mol. The number of carboxylic acid groups (broad SMARTS) is 1. The van der Waals surface area contributed by atoms with Gasteiger partial charge in [-0.15, -0.1) is 0 Å². The molecule has 6 nitrogen and oxygen atoms in total. The summed E-state index contributed by atoms with van der Waals surface area (Å²) in [5.41, 5.74) is -0.822. The van der Waals surface area contributed by atoms with Crippen LogP contribution in [-0.4, -0.2) is 32.1 Å². The van der Waals surface area contributed by atoms with Crippen molar-refractivity contribution in [2.75, 3.05) is 10.8 Å². The van der Waals surface area contributed by atoms with E-state index in [1.165, 1.54) is 0 Å². The van der Waals surface area contributed by atoms with Crippen LogP contribution in [0, 0.1) is 11.8 Å². The molecule has 1 saturated carbocycles. The Balaban J connectivity index is 1.65. The Morgan fingerprint density at radius 2 is 1.91 bits per heavy atom. The summed E-state index contributed by atoms with van der Waals surface area (Å²) in [6.45, 7) is -0.0870. The van der Waals surface area contributed by atoms with Gasteiger partial charge < -0.3 is 9.84 Å². The van der Waals surface area contributed by atoms with Crippen LogP contribution < -0.4 is 9.04 Å². The van der Waals surface area contributed by atoms with Crippen molar-refractivity contribution in [2.24, 2.45) is 11.8 Å². The first-order valence-corrected chi connectivity index (χ1v) is 12.1. The van der Waals surface area contributed by atoms with E-state index in [1.54, 1.807) is 18.2 Å². The van der Waals surface area contributed by atoms with E-state index in [0.29, 0.717) is 35.6 Å². The third-order valence-electron chi connectivity index (χ3n) is 5.78. The Morgan fingerprint density at radius 3 is 2.56 bits per heavy atom. The molecule has 0 aromatic heterocycles. The lowest BCUT2D eigenvalue weighted by molar-refractivity contribution is -0.146. The first-order chi connectivity index (χ1) is 14.9. The van der Waals surface area contributed by atoms with E-state index in [4.69, 9.17) is 9.84 Å². The van der Waals surface area contributed by atoms with Gasteiger partial charge in [-0.05, 0) is 61.6 Å². The molecule has 0 spiro atoms. The number of hydrogen-bond donors (Lipinski definition) is 1. The fraction of sp³-hybridized carbons (Fsp3) is 0.381. The molecule has 1 aliphatic heterocycles. The van der Waals surface area contributed by atoms with E-state index >= 15 is 0 Å². The number of hydrogen-bond acceptors (Lipinski definition) is 4. The quantitative estimate of drug-likeness (QED) is 0.589. The molecule has 172 valence electrons. The maximum absolute atomic E-state index is 13.4. The third kappa shape index (κ3) is 4.45. The van der Waals surface area contributed by atoms with Gasteiger partial charge in [0.2, 0.25) is 0 Å². The molecule has 4 rings (SSSR count). The van der Waals surface area contributed by atoms with E-state index in [-0.39, 0.29) is 18.2 Å². The number of aliphatic carboxylic acids is 1. The van der Waals surface area contributed by atoms with E-state index < -0.39 is 44.6 Å². The Morgan fingerprint density at radius 1 is 1.19 bits per heavy atom. The number of ether oxygens (including phenoxy) is 1. The predicted octanol–water partition coefficient (Wildman–Crippen LogP) is 4.93. The van der Waals surface area contributed by atoms with Gasteiger partial charge in [0.1, 0.15) is 11.9 Å². The summed E-state index contributed by atoms with van der Waals surface area (Å²) in [5.74, 6) is -0.878. The molecule has 0 bridgehead atoms. The van der Waals surface area contributed by atoms with Crippen molar-refractivity contribution >= 4 is 37.6 Å². The SMILES string of the molecule is O=C(O)C1CC(CC2CN(S(=O)(=O)c3cccc(C(F)(F)F)c3)c3cc(Br)ccc3O2)C1. The number of rotatable bonds is 5. The Hall–Kier alpha value is -2.27. The summed E-state index contributed by atoms with van der Waals surface area (Å²) in [7, 11) is -4.32. The molecule has 1 fully saturated rings. The zero-order valence-corrected chi connectivity index (χ0v) is 19.0. The molecule has 2 aromatic carbocycles. The molecule has 11 heteroatoms. The second-order valence-electron chi connectivity index (χ2n) is 8.02. The van der Waals surface area contributed by atoms with Crippen molar-refractivity contribution in [3.63, 3.8) is 0 Å². The van der Waals surface area contributed by atoms with E-state index in [1.807, 2.05) is 0 Å². The van der Waals surface area contributed by atoms with Crippen LogP contribution in [0.3, 0.4) is 0 Å². The van der Waals surface area contributed by atoms with E-state index in [0.717, 1.165) is 22.5 Å². The average Bonchev–Trinajstić information content (AvgIpc) is 2.69. The van der Waals surface area contributed by atoms with Crippen LogP contribution >= 0.6 is 15.9 Å². The molecule has 2 aliphatic rings. The molecule has 1 aliphatic carbocycles. The van der Waals surface area contributed by atoms with Crippen molar-refractivity contribution in [2.45, 2.75) is 36.4 Å². The topological polar surface area (TPSA) is 83.9 Å². The molecule has 2 aromatic rings. The highest BCUT2D eigenvalue weighted by molar-refractivity contribution is 9.10. The summed E-state index contributed by atoms with van der Waals surface area (Å²) in [4.78, 5) is 10.6. The van der Waals surface area contributed by atoms with Crippen molar-refractivity contribution in [1.29, 1.82) is 0 Å². The fourth-order valence-corrected chi connectivity index (χ4v) is 5.99. The molecule has 1 N–H and O–H groups in total. The second-order valence-corrected chi connectivity index (χ2v) is 10.8. The zero-order valence-electron chi connectivity index (χ0n) is 16.5. The molecule has 1 atom stereocenters. The molecule has 0 radical (unpaired) electrons. The Kier molecular flexibility index (Phi) is 5.91. The first kappa shape index (κ1) is 22.9. The number of carboxylic acids is 1. The van der Waals surface area contributed by atoms with Gasteiger partial charge in [-0.3, -0.25) is 9.10 Å². The van der Waals surface area contributed by atoms with Crippen LogP contribution in [0.4, 0.5) is 18.9 Å². The molecular weight excluding hydrogens is 515 g/mol. The predicted molar refractivity (Wildman–Crippen MR) is 113 cm³/mol. The minimum atomic E-state index is -4.68. The zero-order chi connectivity index (χ0) is 23.3. The summed E-state index contributed by atoms with van der Waals surface area (Å²) in [5, 5.41) is 9.06. The van der Waals surface area contributed by atoms with E-state index in [2.05, 4.69) is 15.9 Å². The molecule has 0 amide bonds. The number of anilines is 1. The molecular formula is C21H19BrF3NO5S. The number of fused-ring (bicyclic) bond motifs is 1. The van der Waals surface area contributed by atoms with Crippen LogP contribution in [-0.2, 0) is 21.0 Å². The lowest BCUT2D eigenvalue weighted by atomic mass is 9.72. The van der Waals surface area contributed by atoms with Crippen molar-refractivity contribution in [3.05, 3.63) is 52.5 Å². The largest absolute Gasteiger partial charge is 0.486 e. The Bertz CT molecular complexity index is 1150. The maximum atomic E-state index is 13.4. The summed E-state index contributed by atoms with van der Waals surface area (Å²) < 4.78 is 73.9. The lowest BCUT2D eigenvalue weighted by Crippen LogP contribution is -2.45. The Labute approximate surface area is 191 Å². The minimum absolute atomic E-state index is 0.0798. The van der Waals surface area contributed by atoms with Crippen LogP contribution in [0.15, 0.2) is 51.8 Å². The maximum Gasteiger partial charge on any atom is 0.416 e. The summed E-state index contributed by atoms with van der Waals surface area (Å²) in [6, 6.07) is 8.47. The highest BCUT2D eigenvalue weighted by Gasteiger charge is 2.40. The smallest absolute Gasteiger partial charge is 0.416 e. The molecule has 0 saturated heterocycles. The van der Waals surface area contributed by atoms with Crippen LogP contribution in [0.1, 0.15) is 24.8 Å². The standard InChI is InChI=1S/C21H19BrF3NO5S/c22-15-4-5-19-18(10-15)26(11-16(31-19)8-12-6-13(7-12)20(27)28)32(29,30)17-3-1-2-14(9-17)21(23,24)25/h1-5,9-10,12-13,16H,6-8,11H2,(H,27,28). The summed E-state index contributed by atoms with van der Waals surface area (Å²) >= 11 is 3.29. The van der Waals surface area contributed by atoms with Gasteiger partial charge in [-0.1, -0.05) is 22.0 Å². The van der Waals surface area contributed by atoms with Crippen molar-refractivity contribution in [1.82, 2.24) is 0 Å². The van der Waals surface area contributed by atoms with Gasteiger partial charge in [0.05, 0.1) is 28.6 Å². The number of benzene rings is 2. The second kappa shape index (κ2) is 8.26.